The average Bonchev–Trinajstić information content (AvgIpc) is 2.63. The van der Waals surface area contributed by atoms with Crippen molar-refractivity contribution in [1.82, 2.24) is 10.6 Å². The smallest absolute Gasteiger partial charge is 0.338 e. The van der Waals surface area contributed by atoms with Gasteiger partial charge in [0.15, 0.2) is 0 Å². The van der Waals surface area contributed by atoms with Gasteiger partial charge >= 0.3 is 12.0 Å². The fraction of sp³-hybridized carbons (Fsp3) is 0.273. The third-order valence-electron chi connectivity index (χ3n) is 4.30. The van der Waals surface area contributed by atoms with E-state index >= 15 is 0 Å². The zero-order valence-electron chi connectivity index (χ0n) is 16.4. The first kappa shape index (κ1) is 19.5. The highest BCUT2D eigenvalue weighted by molar-refractivity contribution is 5.95. The molecule has 0 aromatic heterocycles. The summed E-state index contributed by atoms with van der Waals surface area (Å²) in [5.41, 5.74) is 2.80. The number of urea groups is 1. The van der Waals surface area contributed by atoms with Crippen molar-refractivity contribution in [3.05, 3.63) is 70.9 Å². The van der Waals surface area contributed by atoms with Crippen LogP contribution in [0.25, 0.3) is 0 Å². The summed E-state index contributed by atoms with van der Waals surface area (Å²) >= 11 is 0. The molecular formula is C22H24N2O4. The SMILES string of the molecule is CC1=C(C(=O)OC(C)C)C(c2ccc(Oc3ccc(C)cc3)cc2)NC(=O)N1. The summed E-state index contributed by atoms with van der Waals surface area (Å²) < 4.78 is 11.2. The molecule has 6 nitrogen and oxygen atoms in total. The van der Waals surface area contributed by atoms with Crippen molar-refractivity contribution in [2.24, 2.45) is 0 Å². The number of nitrogens with one attached hydrogen (secondary N) is 2. The van der Waals surface area contributed by atoms with Crippen LogP contribution in [0.1, 0.15) is 37.9 Å². The largest absolute Gasteiger partial charge is 0.459 e. The van der Waals surface area contributed by atoms with E-state index in [2.05, 4.69) is 10.6 Å². The van der Waals surface area contributed by atoms with E-state index in [-0.39, 0.29) is 12.1 Å². The molecule has 0 radical (unpaired) electrons. The predicted octanol–water partition coefficient (Wildman–Crippen LogP) is 4.37. The Morgan fingerprint density at radius 1 is 0.964 bits per heavy atom. The normalized spacial score (nSPS) is 16.5. The molecule has 3 rings (SSSR count). The zero-order valence-corrected chi connectivity index (χ0v) is 16.4. The van der Waals surface area contributed by atoms with Crippen LogP contribution in [-0.2, 0) is 9.53 Å². The van der Waals surface area contributed by atoms with Crippen molar-refractivity contribution >= 4 is 12.0 Å². The molecule has 28 heavy (non-hydrogen) atoms. The number of esters is 1. The van der Waals surface area contributed by atoms with E-state index in [0.29, 0.717) is 17.0 Å². The molecule has 6 heteroatoms. The summed E-state index contributed by atoms with van der Waals surface area (Å²) in [6.07, 6.45) is -0.253. The summed E-state index contributed by atoms with van der Waals surface area (Å²) in [6.45, 7) is 7.28. The van der Waals surface area contributed by atoms with Crippen molar-refractivity contribution < 1.29 is 19.1 Å². The van der Waals surface area contributed by atoms with Crippen LogP contribution in [0.2, 0.25) is 0 Å². The monoisotopic (exact) mass is 380 g/mol. The van der Waals surface area contributed by atoms with E-state index in [1.165, 1.54) is 0 Å². The van der Waals surface area contributed by atoms with Gasteiger partial charge in [0, 0.05) is 5.70 Å². The molecule has 2 amide bonds. The van der Waals surface area contributed by atoms with Gasteiger partial charge < -0.3 is 20.1 Å². The van der Waals surface area contributed by atoms with Gasteiger partial charge in [-0.25, -0.2) is 9.59 Å². The standard InChI is InChI=1S/C22H24N2O4/c1-13(2)27-21(25)19-15(4)23-22(26)24-20(19)16-7-11-18(12-8-16)28-17-9-5-14(3)6-10-17/h5-13,20H,1-4H3,(H2,23,24,26). The molecule has 1 heterocycles. The summed E-state index contributed by atoms with van der Waals surface area (Å²) in [7, 11) is 0. The van der Waals surface area contributed by atoms with Crippen LogP contribution in [0, 0.1) is 6.92 Å². The fourth-order valence-electron chi connectivity index (χ4n) is 2.96. The predicted molar refractivity (Wildman–Crippen MR) is 106 cm³/mol. The average molecular weight is 380 g/mol. The van der Waals surface area contributed by atoms with Gasteiger partial charge in [0.2, 0.25) is 0 Å². The number of carbonyl (C=O) groups excluding carboxylic acids is 2. The van der Waals surface area contributed by atoms with E-state index in [9.17, 15) is 9.59 Å². The first-order valence-electron chi connectivity index (χ1n) is 9.17. The van der Waals surface area contributed by atoms with Crippen LogP contribution in [0.15, 0.2) is 59.8 Å². The highest BCUT2D eigenvalue weighted by Crippen LogP contribution is 2.30. The van der Waals surface area contributed by atoms with Gasteiger partial charge in [-0.05, 0) is 57.5 Å². The first-order chi connectivity index (χ1) is 13.3. The maximum atomic E-state index is 12.5. The molecule has 146 valence electrons. The molecular weight excluding hydrogens is 356 g/mol. The summed E-state index contributed by atoms with van der Waals surface area (Å²) in [6, 6.07) is 14.1. The van der Waals surface area contributed by atoms with Crippen molar-refractivity contribution in [2.75, 3.05) is 0 Å². The number of benzene rings is 2. The van der Waals surface area contributed by atoms with Gasteiger partial charge in [0.1, 0.15) is 11.5 Å². The molecule has 0 bridgehead atoms. The van der Waals surface area contributed by atoms with Crippen LogP contribution < -0.4 is 15.4 Å². The van der Waals surface area contributed by atoms with Crippen LogP contribution in [0.3, 0.4) is 0 Å². The Kier molecular flexibility index (Phi) is 5.68. The molecule has 2 aromatic carbocycles. The number of ether oxygens (including phenoxy) is 2. The Hall–Kier alpha value is -3.28. The Labute approximate surface area is 164 Å². The van der Waals surface area contributed by atoms with Crippen molar-refractivity contribution in [2.45, 2.75) is 39.8 Å². The maximum absolute atomic E-state index is 12.5. The van der Waals surface area contributed by atoms with Crippen molar-refractivity contribution in [3.8, 4) is 11.5 Å². The minimum Gasteiger partial charge on any atom is -0.459 e. The number of aryl methyl sites for hydroxylation is 1. The molecule has 2 N–H and O–H groups in total. The Morgan fingerprint density at radius 2 is 1.54 bits per heavy atom. The van der Waals surface area contributed by atoms with E-state index in [4.69, 9.17) is 9.47 Å². The quantitative estimate of drug-likeness (QED) is 0.756. The second kappa shape index (κ2) is 8.17. The van der Waals surface area contributed by atoms with Gasteiger partial charge in [0.05, 0.1) is 17.7 Å². The first-order valence-corrected chi connectivity index (χ1v) is 9.17. The maximum Gasteiger partial charge on any atom is 0.338 e. The Balaban J connectivity index is 1.83. The molecule has 1 aliphatic rings. The minimum absolute atomic E-state index is 0.253. The van der Waals surface area contributed by atoms with Crippen molar-refractivity contribution in [3.63, 3.8) is 0 Å². The van der Waals surface area contributed by atoms with E-state index in [1.807, 2.05) is 55.5 Å². The highest BCUT2D eigenvalue weighted by Gasteiger charge is 2.32. The molecule has 0 saturated heterocycles. The van der Waals surface area contributed by atoms with E-state index in [1.54, 1.807) is 20.8 Å². The van der Waals surface area contributed by atoms with Crippen LogP contribution in [-0.4, -0.2) is 18.1 Å². The number of allylic oxidation sites excluding steroid dienone is 1. The lowest BCUT2D eigenvalue weighted by atomic mass is 9.95. The topological polar surface area (TPSA) is 76.7 Å². The van der Waals surface area contributed by atoms with Crippen LogP contribution >= 0.6 is 0 Å². The molecule has 0 saturated carbocycles. The van der Waals surface area contributed by atoms with Gasteiger partial charge in [-0.15, -0.1) is 0 Å². The van der Waals surface area contributed by atoms with E-state index < -0.39 is 12.0 Å². The molecule has 0 fully saturated rings. The molecule has 2 aromatic rings. The van der Waals surface area contributed by atoms with Crippen LogP contribution in [0.4, 0.5) is 4.79 Å². The number of hydrogen-bond acceptors (Lipinski definition) is 4. The van der Waals surface area contributed by atoms with Crippen molar-refractivity contribution in [1.29, 1.82) is 0 Å². The minimum atomic E-state index is -0.589. The lowest BCUT2D eigenvalue weighted by Crippen LogP contribution is -2.45. The summed E-state index contributed by atoms with van der Waals surface area (Å²) in [5.74, 6) is 0.954. The van der Waals surface area contributed by atoms with Gasteiger partial charge in [0.25, 0.3) is 0 Å². The fourth-order valence-corrected chi connectivity index (χ4v) is 2.96. The lowest BCUT2D eigenvalue weighted by Gasteiger charge is -2.28. The number of carbonyl (C=O) groups is 2. The van der Waals surface area contributed by atoms with E-state index in [0.717, 1.165) is 16.9 Å². The van der Waals surface area contributed by atoms with Gasteiger partial charge in [-0.3, -0.25) is 0 Å². The Morgan fingerprint density at radius 3 is 2.11 bits per heavy atom. The Bertz CT molecular complexity index is 899. The molecule has 1 atom stereocenters. The zero-order chi connectivity index (χ0) is 20.3. The number of amides is 2. The van der Waals surface area contributed by atoms with Gasteiger partial charge in [-0.2, -0.15) is 0 Å². The summed E-state index contributed by atoms with van der Waals surface area (Å²) in [4.78, 5) is 24.5. The lowest BCUT2D eigenvalue weighted by molar-refractivity contribution is -0.143. The summed E-state index contributed by atoms with van der Waals surface area (Å²) in [5, 5.41) is 5.43. The molecule has 0 spiro atoms. The second-order valence-corrected chi connectivity index (χ2v) is 7.01. The number of hydrogen-bond donors (Lipinski definition) is 2. The third-order valence-corrected chi connectivity index (χ3v) is 4.30. The number of rotatable bonds is 5. The second-order valence-electron chi connectivity index (χ2n) is 7.01. The molecule has 0 aliphatic carbocycles. The van der Waals surface area contributed by atoms with Crippen LogP contribution in [0.5, 0.6) is 11.5 Å². The molecule has 1 aliphatic heterocycles. The molecule has 1 unspecified atom stereocenters. The highest BCUT2D eigenvalue weighted by atomic mass is 16.5. The van der Waals surface area contributed by atoms with Gasteiger partial charge in [-0.1, -0.05) is 29.8 Å². The third kappa shape index (κ3) is 4.52.